The van der Waals surface area contributed by atoms with Crippen LogP contribution in [0.2, 0.25) is 0 Å². The number of rotatable bonds is 22. The molecule has 2 saturated heterocycles. The number of hydrogen-bond acceptors (Lipinski definition) is 14. The van der Waals surface area contributed by atoms with E-state index in [9.17, 15) is 33.2 Å². The summed E-state index contributed by atoms with van der Waals surface area (Å²) in [5.41, 5.74) is 2.17. The molecule has 5 heterocycles. The Hall–Kier alpha value is -7.78. The lowest BCUT2D eigenvalue weighted by Crippen LogP contribution is -2.52. The second-order valence-corrected chi connectivity index (χ2v) is 19.7. The molecule has 6 amide bonds. The minimum atomic E-state index is -0.780. The zero-order valence-electron chi connectivity index (χ0n) is 42.4. The van der Waals surface area contributed by atoms with Gasteiger partial charge in [0.05, 0.1) is 6.61 Å². The summed E-state index contributed by atoms with van der Waals surface area (Å²) in [5, 5.41) is 20.5. The molecular weight excluding hydrogens is 968 g/mol. The quantitative estimate of drug-likeness (QED) is 0.0360. The molecule has 0 saturated carbocycles. The molecule has 3 aliphatic heterocycles. The predicted molar refractivity (Wildman–Crippen MR) is 273 cm³/mol. The third-order valence-electron chi connectivity index (χ3n) is 13.0. The van der Waals surface area contributed by atoms with Gasteiger partial charge in [-0.1, -0.05) is 12.1 Å². The van der Waals surface area contributed by atoms with Gasteiger partial charge in [0.2, 0.25) is 17.7 Å². The molecule has 21 heteroatoms. The number of likely N-dealkylation sites (tertiary alicyclic amines) is 1. The number of aromatic amines is 1. The summed E-state index contributed by atoms with van der Waals surface area (Å²) >= 11 is 0. The number of benzene rings is 3. The summed E-state index contributed by atoms with van der Waals surface area (Å²) in [4.78, 5) is 86.9. The SMILES string of the molecule is CC(C)(C)OC(=O)N1CCC(Nc2cccc(C(=O)NCc3cc(OCCCCCOCCCOCC(=O)Nc4cccc5c4CN(C4CCC(=O)NC4=O)C5=O)ccc3F)c2)(c2nnc(-c3ccncc3)[nH]2)CC1. The molecule has 0 spiro atoms. The lowest BCUT2D eigenvalue weighted by Gasteiger charge is -2.41. The first-order chi connectivity index (χ1) is 36.1. The highest BCUT2D eigenvalue weighted by Crippen LogP contribution is 2.37. The molecule has 0 bridgehead atoms. The van der Waals surface area contributed by atoms with E-state index in [2.05, 4.69) is 41.4 Å². The normalized spacial score (nSPS) is 16.3. The van der Waals surface area contributed by atoms with Crippen molar-refractivity contribution in [2.45, 2.75) is 102 Å². The van der Waals surface area contributed by atoms with Crippen LogP contribution in [0.25, 0.3) is 11.4 Å². The Morgan fingerprint density at radius 3 is 2.41 bits per heavy atom. The molecule has 5 N–H and O–H groups in total. The van der Waals surface area contributed by atoms with E-state index in [1.54, 1.807) is 65.8 Å². The maximum atomic E-state index is 15.0. The monoisotopic (exact) mass is 1030 g/mol. The molecule has 5 aromatic rings. The van der Waals surface area contributed by atoms with E-state index in [1.165, 1.54) is 11.0 Å². The van der Waals surface area contributed by atoms with Crippen molar-refractivity contribution in [2.75, 3.05) is 56.8 Å². The maximum absolute atomic E-state index is 15.0. The number of amides is 6. The fraction of sp³-hybridized carbons (Fsp3) is 0.426. The summed E-state index contributed by atoms with van der Waals surface area (Å²) in [6.07, 6.45) is 7.27. The van der Waals surface area contributed by atoms with Crippen LogP contribution in [0, 0.1) is 5.82 Å². The lowest BCUT2D eigenvalue weighted by atomic mass is 9.86. The number of carbonyl (C=O) groups is 6. The number of fused-ring (bicyclic) bond motifs is 1. The summed E-state index contributed by atoms with van der Waals surface area (Å²) in [6.45, 7) is 7.87. The first-order valence-corrected chi connectivity index (χ1v) is 25.3. The highest BCUT2D eigenvalue weighted by molar-refractivity contribution is 6.07. The molecule has 8 rings (SSSR count). The van der Waals surface area contributed by atoms with Crippen molar-refractivity contribution in [3.8, 4) is 17.1 Å². The fourth-order valence-corrected chi connectivity index (χ4v) is 9.10. The minimum absolute atomic E-state index is 0.0670. The second-order valence-electron chi connectivity index (χ2n) is 19.7. The molecule has 396 valence electrons. The number of hydrogen-bond donors (Lipinski definition) is 5. The second kappa shape index (κ2) is 24.5. The molecule has 3 aromatic carbocycles. The topological polar surface area (TPSA) is 248 Å². The third-order valence-corrected chi connectivity index (χ3v) is 13.0. The number of piperidine rings is 2. The molecule has 20 nitrogen and oxygen atoms in total. The molecule has 2 aromatic heterocycles. The van der Waals surface area contributed by atoms with Crippen LogP contribution in [0.5, 0.6) is 5.75 Å². The van der Waals surface area contributed by atoms with Gasteiger partial charge in [-0.05, 0) is 126 Å². The Bertz CT molecular complexity index is 2850. The number of pyridine rings is 1. The Morgan fingerprint density at radius 2 is 1.63 bits per heavy atom. The number of aromatic nitrogens is 4. The van der Waals surface area contributed by atoms with Crippen LogP contribution in [0.4, 0.5) is 20.6 Å². The maximum Gasteiger partial charge on any atom is 0.410 e. The van der Waals surface area contributed by atoms with Crippen LogP contribution in [0.15, 0.2) is 85.2 Å². The van der Waals surface area contributed by atoms with Crippen molar-refractivity contribution in [1.82, 2.24) is 40.6 Å². The van der Waals surface area contributed by atoms with Gasteiger partial charge in [-0.25, -0.2) is 9.18 Å². The molecule has 2 fully saturated rings. The number of ether oxygens (including phenoxy) is 4. The number of unbranched alkanes of at least 4 members (excludes halogenated alkanes) is 2. The third kappa shape index (κ3) is 14.1. The lowest BCUT2D eigenvalue weighted by molar-refractivity contribution is -0.137. The molecule has 0 radical (unpaired) electrons. The average Bonchev–Trinajstić information content (AvgIpc) is 4.04. The predicted octanol–water partition coefficient (Wildman–Crippen LogP) is 6.65. The van der Waals surface area contributed by atoms with Gasteiger partial charge in [-0.15, -0.1) is 10.2 Å². The van der Waals surface area contributed by atoms with Crippen LogP contribution in [0.1, 0.15) is 110 Å². The highest BCUT2D eigenvalue weighted by Gasteiger charge is 2.42. The van der Waals surface area contributed by atoms with Crippen LogP contribution >= 0.6 is 0 Å². The number of carbonyl (C=O) groups excluding carboxylic acids is 6. The van der Waals surface area contributed by atoms with Gasteiger partial charge in [0.1, 0.15) is 35.4 Å². The molecule has 3 aliphatic rings. The van der Waals surface area contributed by atoms with Crippen LogP contribution in [-0.4, -0.2) is 123 Å². The van der Waals surface area contributed by atoms with Gasteiger partial charge in [0, 0.05) is 104 Å². The first-order valence-electron chi connectivity index (χ1n) is 25.3. The molecular formula is C54H63FN10O10. The van der Waals surface area contributed by atoms with Crippen LogP contribution in [-0.2, 0) is 47.2 Å². The van der Waals surface area contributed by atoms with Crippen molar-refractivity contribution >= 4 is 47.0 Å². The van der Waals surface area contributed by atoms with E-state index in [0.717, 1.165) is 24.8 Å². The van der Waals surface area contributed by atoms with E-state index in [-0.39, 0.29) is 55.8 Å². The van der Waals surface area contributed by atoms with Gasteiger partial charge in [-0.3, -0.25) is 34.3 Å². The van der Waals surface area contributed by atoms with Crippen molar-refractivity contribution in [3.05, 3.63) is 119 Å². The average molecular weight is 1030 g/mol. The van der Waals surface area contributed by atoms with E-state index in [1.807, 2.05) is 39.0 Å². The van der Waals surface area contributed by atoms with Crippen molar-refractivity contribution < 1.29 is 52.1 Å². The summed E-state index contributed by atoms with van der Waals surface area (Å²) in [7, 11) is 0. The molecule has 1 atom stereocenters. The van der Waals surface area contributed by atoms with Crippen molar-refractivity contribution in [3.63, 3.8) is 0 Å². The Labute approximate surface area is 433 Å². The highest BCUT2D eigenvalue weighted by atomic mass is 19.1. The molecule has 75 heavy (non-hydrogen) atoms. The number of halogens is 1. The molecule has 0 aliphatic carbocycles. The zero-order chi connectivity index (χ0) is 53.0. The van der Waals surface area contributed by atoms with E-state index < -0.39 is 40.9 Å². The van der Waals surface area contributed by atoms with Gasteiger partial charge in [-0.2, -0.15) is 0 Å². The van der Waals surface area contributed by atoms with Crippen LogP contribution in [0.3, 0.4) is 0 Å². The molecule has 1 unspecified atom stereocenters. The van der Waals surface area contributed by atoms with Gasteiger partial charge in [0.15, 0.2) is 11.6 Å². The summed E-state index contributed by atoms with van der Waals surface area (Å²) in [6, 6.07) is 19.4. The van der Waals surface area contributed by atoms with Crippen molar-refractivity contribution in [1.29, 1.82) is 0 Å². The van der Waals surface area contributed by atoms with Gasteiger partial charge < -0.3 is 49.7 Å². The van der Waals surface area contributed by atoms with Gasteiger partial charge >= 0.3 is 6.09 Å². The van der Waals surface area contributed by atoms with E-state index in [0.29, 0.717) is 104 Å². The minimum Gasteiger partial charge on any atom is -0.494 e. The number of anilines is 2. The number of nitrogens with one attached hydrogen (secondary N) is 5. The Balaban J connectivity index is 0.723. The zero-order valence-corrected chi connectivity index (χ0v) is 42.4. The largest absolute Gasteiger partial charge is 0.494 e. The van der Waals surface area contributed by atoms with Crippen LogP contribution < -0.4 is 26.0 Å². The van der Waals surface area contributed by atoms with E-state index in [4.69, 9.17) is 18.9 Å². The Morgan fingerprint density at radius 1 is 0.867 bits per heavy atom. The fourth-order valence-electron chi connectivity index (χ4n) is 9.10. The first kappa shape index (κ1) is 53.5. The summed E-state index contributed by atoms with van der Waals surface area (Å²) < 4.78 is 37.8. The van der Waals surface area contributed by atoms with Crippen molar-refractivity contribution in [2.24, 2.45) is 0 Å². The number of H-pyrrole nitrogens is 1. The summed E-state index contributed by atoms with van der Waals surface area (Å²) in [5.74, 6) is -0.793. The standard InChI is InChI=1S/C54H63FN10O10/c1-53(2,3)75-52(71)64-24-20-54(21-25-64,51-60-47(62-63-51)35-18-22-56-23-19-35)61-38-11-7-10-36(30-38)48(68)57-32-37-31-39(14-15-42(37)55)74-29-6-4-5-26-72-27-9-28-73-34-46(67)58-43-13-8-12-40-41(43)33-65(50(40)70)44-16-17-45(66)59-49(44)69/h7-8,10-15,18-19,22-23,30-31,44,61H,4-6,9,16-17,20-21,24-29,32-34H2,1-3H3,(H,57,68)(H,58,67)(H,59,66,69)(H,60,62,63). The number of imide groups is 1. The Kier molecular flexibility index (Phi) is 17.5. The number of nitrogens with zero attached hydrogens (tertiary/aromatic N) is 5. The van der Waals surface area contributed by atoms with E-state index >= 15 is 0 Å². The van der Waals surface area contributed by atoms with Gasteiger partial charge in [0.25, 0.3) is 11.8 Å². The smallest absolute Gasteiger partial charge is 0.410 e.